The number of hydrogen-bond donors (Lipinski definition) is 2. The Balaban J connectivity index is 0.00000338. The van der Waals surface area contributed by atoms with Crippen molar-refractivity contribution < 1.29 is 18.0 Å². The number of aryl methyl sites for hydroxylation is 1. The molecule has 11 heteroatoms. The van der Waals surface area contributed by atoms with Gasteiger partial charge in [0.25, 0.3) is 0 Å². The van der Waals surface area contributed by atoms with Crippen LogP contribution in [0.4, 0.5) is 8.78 Å². The van der Waals surface area contributed by atoms with Crippen LogP contribution in [0.25, 0.3) is 0 Å². The largest absolute Gasteiger partial charge is 0.434 e. The Morgan fingerprint density at radius 3 is 2.77 bits per heavy atom. The molecule has 1 heterocycles. The second kappa shape index (κ2) is 11.1. The second-order valence-electron chi connectivity index (χ2n) is 4.97. The van der Waals surface area contributed by atoms with Crippen molar-refractivity contribution in [2.75, 3.05) is 13.6 Å². The lowest BCUT2D eigenvalue weighted by atomic mass is 10.2. The monoisotopic (exact) mass is 501 g/mol. The maximum Gasteiger partial charge on any atom is 0.387 e. The Hall–Kier alpha value is -1.69. The number of halogens is 4. The van der Waals surface area contributed by atoms with Crippen molar-refractivity contribution in [2.45, 2.75) is 26.5 Å². The van der Waals surface area contributed by atoms with Crippen LogP contribution in [0.2, 0.25) is 5.02 Å². The summed E-state index contributed by atoms with van der Waals surface area (Å²) in [4.78, 5) is 8.15. The molecule has 0 spiro atoms. The summed E-state index contributed by atoms with van der Waals surface area (Å²) in [5, 5.41) is 10.2. The Bertz CT molecular complexity index is 730. The van der Waals surface area contributed by atoms with E-state index >= 15 is 0 Å². The quantitative estimate of drug-likeness (QED) is 0.345. The van der Waals surface area contributed by atoms with Crippen molar-refractivity contribution in [3.8, 4) is 5.75 Å². The molecule has 0 aliphatic heterocycles. The van der Waals surface area contributed by atoms with E-state index in [2.05, 4.69) is 30.5 Å². The minimum absolute atomic E-state index is 0. The summed E-state index contributed by atoms with van der Waals surface area (Å²) in [7, 11) is 1.60. The third-order valence-electron chi connectivity index (χ3n) is 3.11. The van der Waals surface area contributed by atoms with Crippen molar-refractivity contribution in [1.82, 2.24) is 20.8 Å². The highest BCUT2D eigenvalue weighted by Gasteiger charge is 2.11. The molecule has 2 N–H and O–H groups in total. The van der Waals surface area contributed by atoms with Crippen LogP contribution in [0, 0.1) is 6.92 Å². The molecule has 0 aliphatic carbocycles. The van der Waals surface area contributed by atoms with Gasteiger partial charge in [0, 0.05) is 37.1 Å². The van der Waals surface area contributed by atoms with Gasteiger partial charge in [-0.1, -0.05) is 16.8 Å². The van der Waals surface area contributed by atoms with Gasteiger partial charge in [0.2, 0.25) is 5.89 Å². The first-order chi connectivity index (χ1) is 12.0. The Morgan fingerprint density at radius 2 is 2.15 bits per heavy atom. The van der Waals surface area contributed by atoms with Gasteiger partial charge in [-0.05, 0) is 25.1 Å². The van der Waals surface area contributed by atoms with Crippen LogP contribution in [-0.2, 0) is 13.0 Å². The van der Waals surface area contributed by atoms with Crippen molar-refractivity contribution in [3.05, 3.63) is 40.5 Å². The van der Waals surface area contributed by atoms with E-state index in [1.807, 2.05) is 0 Å². The molecule has 2 aromatic rings. The third kappa shape index (κ3) is 7.28. The number of ether oxygens (including phenoxy) is 1. The number of alkyl halides is 2. The molecule has 0 unspecified atom stereocenters. The SMILES string of the molecule is CN=C(NCCc1nc(C)no1)NCc1cc(Cl)ccc1OC(F)F.I. The normalized spacial score (nSPS) is 11.2. The highest BCUT2D eigenvalue weighted by atomic mass is 127. The van der Waals surface area contributed by atoms with Gasteiger partial charge in [-0.2, -0.15) is 13.8 Å². The summed E-state index contributed by atoms with van der Waals surface area (Å²) in [5.74, 6) is 1.64. The third-order valence-corrected chi connectivity index (χ3v) is 3.34. The number of aliphatic imine (C=N–C) groups is 1. The summed E-state index contributed by atoms with van der Waals surface area (Å²) >= 11 is 5.92. The van der Waals surface area contributed by atoms with Gasteiger partial charge in [0.15, 0.2) is 11.8 Å². The maximum absolute atomic E-state index is 12.5. The lowest BCUT2D eigenvalue weighted by Crippen LogP contribution is -2.38. The Morgan fingerprint density at radius 1 is 1.38 bits per heavy atom. The zero-order chi connectivity index (χ0) is 18.2. The van der Waals surface area contributed by atoms with Crippen LogP contribution < -0.4 is 15.4 Å². The predicted octanol–water partition coefficient (Wildman–Crippen LogP) is 3.16. The van der Waals surface area contributed by atoms with E-state index in [1.165, 1.54) is 12.1 Å². The highest BCUT2D eigenvalue weighted by molar-refractivity contribution is 14.0. The van der Waals surface area contributed by atoms with E-state index < -0.39 is 6.61 Å². The lowest BCUT2D eigenvalue weighted by Gasteiger charge is -2.14. The standard InChI is InChI=1S/C15H18ClF2N5O2.HI/c1-9-22-13(25-23-9)5-6-20-15(19-2)21-8-10-7-11(16)3-4-12(10)24-14(17)18;/h3-4,7,14H,5-6,8H2,1-2H3,(H2,19,20,21);1H. The molecule has 0 saturated carbocycles. The molecule has 1 aromatic heterocycles. The van der Waals surface area contributed by atoms with E-state index in [4.69, 9.17) is 16.1 Å². The molecular weight excluding hydrogens is 483 g/mol. The highest BCUT2D eigenvalue weighted by Crippen LogP contribution is 2.24. The number of benzene rings is 1. The van der Waals surface area contributed by atoms with E-state index in [9.17, 15) is 8.78 Å². The second-order valence-corrected chi connectivity index (χ2v) is 5.40. The van der Waals surface area contributed by atoms with Gasteiger partial charge in [0.1, 0.15) is 5.75 Å². The zero-order valence-electron chi connectivity index (χ0n) is 14.1. The fourth-order valence-corrected chi connectivity index (χ4v) is 2.22. The summed E-state index contributed by atoms with van der Waals surface area (Å²) < 4.78 is 34.4. The Labute approximate surface area is 171 Å². The minimum Gasteiger partial charge on any atom is -0.434 e. The van der Waals surface area contributed by atoms with Gasteiger partial charge in [-0.25, -0.2) is 0 Å². The number of hydrogen-bond acceptors (Lipinski definition) is 5. The topological polar surface area (TPSA) is 84.6 Å². The molecule has 0 saturated heterocycles. The van der Waals surface area contributed by atoms with Crippen molar-refractivity contribution in [2.24, 2.45) is 4.99 Å². The fourth-order valence-electron chi connectivity index (χ4n) is 2.03. The van der Waals surface area contributed by atoms with Crippen LogP contribution in [0.3, 0.4) is 0 Å². The molecule has 26 heavy (non-hydrogen) atoms. The summed E-state index contributed by atoms with van der Waals surface area (Å²) in [6, 6.07) is 4.45. The predicted molar refractivity (Wildman–Crippen MR) is 104 cm³/mol. The molecule has 2 rings (SSSR count). The number of guanidine groups is 1. The number of nitrogens with one attached hydrogen (secondary N) is 2. The molecule has 0 radical (unpaired) electrons. The van der Waals surface area contributed by atoms with Gasteiger partial charge in [-0.3, -0.25) is 4.99 Å². The van der Waals surface area contributed by atoms with Crippen molar-refractivity contribution in [1.29, 1.82) is 0 Å². The molecule has 0 aliphatic rings. The summed E-state index contributed by atoms with van der Waals surface area (Å²) in [6.45, 7) is -0.445. The van der Waals surface area contributed by atoms with E-state index in [0.29, 0.717) is 41.2 Å². The van der Waals surface area contributed by atoms with E-state index in [0.717, 1.165) is 0 Å². The maximum atomic E-state index is 12.5. The molecule has 7 nitrogen and oxygen atoms in total. The van der Waals surface area contributed by atoms with Gasteiger partial charge >= 0.3 is 6.61 Å². The fraction of sp³-hybridized carbons (Fsp3) is 0.400. The number of rotatable bonds is 7. The molecular formula is C15H19ClF2IN5O2. The lowest BCUT2D eigenvalue weighted by molar-refractivity contribution is -0.0504. The van der Waals surface area contributed by atoms with Crippen LogP contribution in [0.15, 0.2) is 27.7 Å². The first-order valence-electron chi connectivity index (χ1n) is 7.45. The average Bonchev–Trinajstić information content (AvgIpc) is 2.98. The first kappa shape index (κ1) is 22.4. The first-order valence-corrected chi connectivity index (χ1v) is 7.82. The van der Waals surface area contributed by atoms with E-state index in [-0.39, 0.29) is 36.3 Å². The van der Waals surface area contributed by atoms with Crippen LogP contribution in [-0.4, -0.2) is 36.3 Å². The van der Waals surface area contributed by atoms with Crippen LogP contribution in [0.5, 0.6) is 5.75 Å². The smallest absolute Gasteiger partial charge is 0.387 e. The van der Waals surface area contributed by atoms with Gasteiger partial charge in [-0.15, -0.1) is 24.0 Å². The van der Waals surface area contributed by atoms with Gasteiger partial charge < -0.3 is 19.9 Å². The van der Waals surface area contributed by atoms with Gasteiger partial charge in [0.05, 0.1) is 0 Å². The average molecular weight is 502 g/mol. The summed E-state index contributed by atoms with van der Waals surface area (Å²) in [6.07, 6.45) is 0.526. The molecule has 1 aromatic carbocycles. The number of nitrogens with zero attached hydrogens (tertiary/aromatic N) is 3. The molecule has 0 bridgehead atoms. The zero-order valence-corrected chi connectivity index (χ0v) is 17.2. The Kier molecular flexibility index (Phi) is 9.55. The molecule has 144 valence electrons. The minimum atomic E-state index is -2.91. The summed E-state index contributed by atoms with van der Waals surface area (Å²) in [5.41, 5.74) is 0.489. The van der Waals surface area contributed by atoms with Crippen molar-refractivity contribution >= 4 is 41.5 Å². The van der Waals surface area contributed by atoms with E-state index in [1.54, 1.807) is 20.0 Å². The molecule has 0 atom stereocenters. The molecule has 0 fully saturated rings. The van der Waals surface area contributed by atoms with Crippen LogP contribution >= 0.6 is 35.6 Å². The van der Waals surface area contributed by atoms with Crippen molar-refractivity contribution in [3.63, 3.8) is 0 Å². The molecule has 0 amide bonds. The van der Waals surface area contributed by atoms with Crippen LogP contribution in [0.1, 0.15) is 17.3 Å². The number of aromatic nitrogens is 2.